The van der Waals surface area contributed by atoms with Crippen LogP contribution in [-0.2, 0) is 0 Å². The average Bonchev–Trinajstić information content (AvgIpc) is 3.40. The van der Waals surface area contributed by atoms with Crippen molar-refractivity contribution in [2.24, 2.45) is 0 Å². The molecule has 0 bridgehead atoms. The fraction of sp³-hybridized carbons (Fsp3) is 0.350. The molecule has 1 atom stereocenters. The predicted molar refractivity (Wildman–Crippen MR) is 119 cm³/mol. The van der Waals surface area contributed by atoms with Gasteiger partial charge in [0.05, 0.1) is 16.1 Å². The number of H-pyrrole nitrogens is 2. The fourth-order valence-electron chi connectivity index (χ4n) is 3.31. The number of non-ortho nitro benzene ring substituents is 1. The van der Waals surface area contributed by atoms with Crippen LogP contribution in [0.25, 0.3) is 22.1 Å². The van der Waals surface area contributed by atoms with Crippen molar-refractivity contribution < 1.29 is 19.4 Å². The zero-order valence-corrected chi connectivity index (χ0v) is 17.9. The number of anilines is 1. The molecule has 0 spiro atoms. The molecule has 0 aliphatic rings. The molecular weight excluding hydrogens is 434 g/mol. The number of aromatic nitrogens is 4. The Morgan fingerprint density at radius 2 is 2.03 bits per heavy atom. The summed E-state index contributed by atoms with van der Waals surface area (Å²) in [4.78, 5) is 27.4. The number of benzene rings is 2. The largest absolute Gasteiger partial charge is 0.489 e. The van der Waals surface area contributed by atoms with Gasteiger partial charge >= 0.3 is 11.4 Å². The van der Waals surface area contributed by atoms with Crippen molar-refractivity contribution in [2.45, 2.75) is 25.5 Å². The molecule has 174 valence electrons. The van der Waals surface area contributed by atoms with Crippen LogP contribution in [0.4, 0.5) is 11.4 Å². The van der Waals surface area contributed by atoms with Gasteiger partial charge in [0.25, 0.3) is 0 Å². The Hall–Kier alpha value is -3.97. The van der Waals surface area contributed by atoms with Crippen molar-refractivity contribution in [1.29, 1.82) is 0 Å². The number of rotatable bonds is 10. The molecule has 0 radical (unpaired) electrons. The second-order valence-electron chi connectivity index (χ2n) is 8.19. The first kappa shape index (κ1) is 22.2. The third-order valence-corrected chi connectivity index (χ3v) is 5.07. The number of nitro groups is 1. The first-order valence-electron chi connectivity index (χ1n) is 10.1. The number of hydrogen-bond donors (Lipinski definition) is 5. The number of imidazole rings is 1. The second kappa shape index (κ2) is 8.88. The molecule has 4 aromatic rings. The number of fused-ring (bicyclic) bond motifs is 2. The Labute approximate surface area is 186 Å². The second-order valence-corrected chi connectivity index (χ2v) is 8.19. The highest BCUT2D eigenvalue weighted by Crippen LogP contribution is 2.29. The molecule has 0 fully saturated rings. The number of β-amino-alcohol motifs (C(OH)–C–C–N with tert-alkyl or cyclic N) is 1. The Bertz CT molecular complexity index is 1340. The van der Waals surface area contributed by atoms with Crippen molar-refractivity contribution in [3.8, 4) is 5.75 Å². The van der Waals surface area contributed by atoms with E-state index >= 15 is 0 Å². The van der Waals surface area contributed by atoms with Crippen LogP contribution in [0.1, 0.15) is 13.8 Å². The number of ether oxygens (including phenoxy) is 1. The quantitative estimate of drug-likeness (QED) is 0.173. The first-order chi connectivity index (χ1) is 15.7. The lowest BCUT2D eigenvalue weighted by atomic mass is 10.0. The smallest absolute Gasteiger partial charge is 0.323 e. The molecule has 33 heavy (non-hydrogen) atoms. The predicted octanol–water partition coefficient (Wildman–Crippen LogP) is 1.52. The number of aliphatic hydroxyl groups excluding tert-OH is 1. The van der Waals surface area contributed by atoms with E-state index in [1.807, 2.05) is 13.8 Å². The van der Waals surface area contributed by atoms with Crippen molar-refractivity contribution in [2.75, 3.05) is 25.0 Å². The van der Waals surface area contributed by atoms with Gasteiger partial charge in [-0.15, -0.1) is 0 Å². The van der Waals surface area contributed by atoms with Gasteiger partial charge in [0, 0.05) is 24.7 Å². The van der Waals surface area contributed by atoms with Crippen LogP contribution in [0.5, 0.6) is 5.75 Å². The highest BCUT2D eigenvalue weighted by atomic mass is 16.6. The summed E-state index contributed by atoms with van der Waals surface area (Å²) >= 11 is 0. The number of nitro benzene ring substituents is 1. The first-order valence-corrected chi connectivity index (χ1v) is 10.1. The van der Waals surface area contributed by atoms with Crippen molar-refractivity contribution in [3.05, 3.63) is 50.9 Å². The Kier molecular flexibility index (Phi) is 5.98. The number of aromatic amines is 2. The molecule has 0 amide bonds. The van der Waals surface area contributed by atoms with E-state index < -0.39 is 16.6 Å². The lowest BCUT2D eigenvalue weighted by Gasteiger charge is -2.28. The Morgan fingerprint density at radius 3 is 2.82 bits per heavy atom. The zero-order chi connectivity index (χ0) is 23.6. The minimum atomic E-state index is -0.809. The number of hydrogen-bond acceptors (Lipinski definition) is 10. The van der Waals surface area contributed by atoms with Gasteiger partial charge in [0.1, 0.15) is 24.0 Å². The van der Waals surface area contributed by atoms with Gasteiger partial charge in [-0.1, -0.05) is 6.07 Å². The van der Waals surface area contributed by atoms with Crippen LogP contribution in [0.2, 0.25) is 0 Å². The molecule has 5 N–H and O–H groups in total. The lowest BCUT2D eigenvalue weighted by Crippen LogP contribution is -2.49. The molecule has 2 aromatic heterocycles. The van der Waals surface area contributed by atoms with Crippen LogP contribution in [0.15, 0.2) is 39.8 Å². The summed E-state index contributed by atoms with van der Waals surface area (Å²) in [6.07, 6.45) is -0.809. The van der Waals surface area contributed by atoms with Gasteiger partial charge in [0.2, 0.25) is 5.52 Å². The summed E-state index contributed by atoms with van der Waals surface area (Å²) in [6.45, 7) is 4.56. The topological polar surface area (TPSA) is 184 Å². The zero-order valence-electron chi connectivity index (χ0n) is 17.9. The molecule has 4 rings (SSSR count). The molecule has 0 saturated heterocycles. The van der Waals surface area contributed by atoms with E-state index in [0.29, 0.717) is 29.0 Å². The number of nitrogens with one attached hydrogen (secondary N) is 4. The van der Waals surface area contributed by atoms with Crippen LogP contribution >= 0.6 is 0 Å². The number of nitrogens with zero attached hydrogens (tertiary/aromatic N) is 3. The van der Waals surface area contributed by atoms with Crippen molar-refractivity contribution in [3.63, 3.8) is 0 Å². The van der Waals surface area contributed by atoms with Crippen LogP contribution < -0.4 is 21.1 Å². The Morgan fingerprint density at radius 1 is 1.24 bits per heavy atom. The van der Waals surface area contributed by atoms with Crippen LogP contribution in [0.3, 0.4) is 0 Å². The summed E-state index contributed by atoms with van der Waals surface area (Å²) < 4.78 is 10.4. The van der Waals surface area contributed by atoms with Gasteiger partial charge in [-0.3, -0.25) is 10.1 Å². The molecule has 0 aliphatic carbocycles. The molecule has 1 unspecified atom stereocenters. The maximum atomic E-state index is 11.5. The van der Waals surface area contributed by atoms with Crippen molar-refractivity contribution in [1.82, 2.24) is 25.6 Å². The third kappa shape index (κ3) is 4.94. The summed E-state index contributed by atoms with van der Waals surface area (Å²) in [7, 11) is 0. The molecular formula is C20H23N7O6. The molecule has 13 heteroatoms. The standard InChI is InChI=1S/C20H23N7O6/c1-20(2,10-21-12-6-7-14(27(30)31)18-17(12)25-33-26-18)22-8-11(28)9-32-15-5-3-4-13-16(15)24-19(29)23-13/h3-7,11,21-22,28H,8-10H2,1-2H3,(H2,23,24,29). The van der Waals surface area contributed by atoms with Gasteiger partial charge < -0.3 is 30.4 Å². The highest BCUT2D eigenvalue weighted by Gasteiger charge is 2.23. The lowest BCUT2D eigenvalue weighted by molar-refractivity contribution is -0.383. The highest BCUT2D eigenvalue weighted by molar-refractivity contribution is 5.93. The van der Waals surface area contributed by atoms with Crippen LogP contribution in [0, 0.1) is 10.1 Å². The summed E-state index contributed by atoms with van der Waals surface area (Å²) in [6, 6.07) is 8.11. The van der Waals surface area contributed by atoms with E-state index in [1.165, 1.54) is 6.07 Å². The van der Waals surface area contributed by atoms with Gasteiger partial charge in [-0.05, 0) is 42.4 Å². The third-order valence-electron chi connectivity index (χ3n) is 5.07. The van der Waals surface area contributed by atoms with E-state index in [9.17, 15) is 20.0 Å². The average molecular weight is 457 g/mol. The van der Waals surface area contributed by atoms with Gasteiger partial charge in [-0.25, -0.2) is 9.42 Å². The number of para-hydroxylation sites is 1. The maximum absolute atomic E-state index is 11.5. The normalized spacial score (nSPS) is 12.8. The summed E-state index contributed by atoms with van der Waals surface area (Å²) in [5, 5.41) is 35.3. The van der Waals surface area contributed by atoms with E-state index in [1.54, 1.807) is 24.3 Å². The molecule has 2 heterocycles. The minimum absolute atomic E-state index is 0.0242. The molecule has 0 saturated carbocycles. The minimum Gasteiger partial charge on any atom is -0.489 e. The molecule has 2 aromatic carbocycles. The van der Waals surface area contributed by atoms with Crippen LogP contribution in [-0.4, -0.2) is 61.7 Å². The maximum Gasteiger partial charge on any atom is 0.323 e. The monoisotopic (exact) mass is 457 g/mol. The van der Waals surface area contributed by atoms with Crippen molar-refractivity contribution >= 4 is 33.4 Å². The van der Waals surface area contributed by atoms with E-state index in [4.69, 9.17) is 4.74 Å². The molecule has 13 nitrogen and oxygen atoms in total. The SMILES string of the molecule is CC(C)(CNc1ccc([N+](=O)[O-])c2nonc12)NCC(O)COc1cccc2[nH]c(=O)[nH]c12. The summed E-state index contributed by atoms with van der Waals surface area (Å²) in [5.41, 5.74) is 1.08. The fourth-order valence-corrected chi connectivity index (χ4v) is 3.31. The summed E-state index contributed by atoms with van der Waals surface area (Å²) in [5.74, 6) is 0.467. The Balaban J connectivity index is 1.31. The van der Waals surface area contributed by atoms with E-state index in [-0.39, 0.29) is 35.6 Å². The van der Waals surface area contributed by atoms with Gasteiger partial charge in [-0.2, -0.15) is 0 Å². The molecule has 0 aliphatic heterocycles. The van der Waals surface area contributed by atoms with E-state index in [0.717, 1.165) is 0 Å². The van der Waals surface area contributed by atoms with E-state index in [2.05, 4.69) is 35.5 Å². The van der Waals surface area contributed by atoms with Gasteiger partial charge in [0.15, 0.2) is 5.52 Å². The number of aliphatic hydroxyl groups is 1.